The Morgan fingerprint density at radius 3 is 2.71 bits per heavy atom. The maximum atomic E-state index is 10.9. The molecule has 2 N–H and O–H groups in total. The van der Waals surface area contributed by atoms with Gasteiger partial charge in [-0.3, -0.25) is 4.99 Å². The molecule has 0 aromatic carbocycles. The van der Waals surface area contributed by atoms with E-state index in [-0.39, 0.29) is 42.4 Å². The number of nitrogens with one attached hydrogen (secondary N) is 1. The third kappa shape index (κ3) is 9.48. The Morgan fingerprint density at radius 2 is 2.19 bits per heavy atom. The standard InChI is InChI=1S/C12H25N3O4S.HI/c1-3-13-12(15-6-4-11(16)10-15)14-5-7-19-8-9-20(2,17)18;/h11,16H,3-10H2,1-2H3,(H,13,14);1H/t11-;/m1./s1. The first-order valence-corrected chi connectivity index (χ1v) is 8.95. The molecule has 7 nitrogen and oxygen atoms in total. The monoisotopic (exact) mass is 435 g/mol. The average Bonchev–Trinajstić information content (AvgIpc) is 2.77. The highest BCUT2D eigenvalue weighted by molar-refractivity contribution is 14.0. The second-order valence-electron chi connectivity index (χ2n) is 4.87. The van der Waals surface area contributed by atoms with Crippen molar-refractivity contribution in [3.8, 4) is 0 Å². The number of guanidine groups is 1. The first-order valence-electron chi connectivity index (χ1n) is 6.89. The molecule has 1 aliphatic rings. The van der Waals surface area contributed by atoms with Gasteiger partial charge in [-0.25, -0.2) is 8.42 Å². The van der Waals surface area contributed by atoms with Gasteiger partial charge in [0.15, 0.2) is 5.96 Å². The molecule has 9 heteroatoms. The first kappa shape index (κ1) is 20.9. The Labute approximate surface area is 144 Å². The Balaban J connectivity index is 0.00000400. The van der Waals surface area contributed by atoms with E-state index in [0.717, 1.165) is 25.5 Å². The van der Waals surface area contributed by atoms with Crippen LogP contribution in [-0.2, 0) is 14.6 Å². The Morgan fingerprint density at radius 1 is 1.48 bits per heavy atom. The average molecular weight is 435 g/mol. The van der Waals surface area contributed by atoms with Crippen molar-refractivity contribution >= 4 is 39.8 Å². The minimum absolute atomic E-state index is 0. The van der Waals surface area contributed by atoms with Crippen molar-refractivity contribution in [1.82, 2.24) is 10.2 Å². The molecule has 0 aliphatic carbocycles. The molecule has 0 bridgehead atoms. The van der Waals surface area contributed by atoms with Gasteiger partial charge in [0.25, 0.3) is 0 Å². The quantitative estimate of drug-likeness (QED) is 0.247. The summed E-state index contributed by atoms with van der Waals surface area (Å²) >= 11 is 0. The summed E-state index contributed by atoms with van der Waals surface area (Å²) in [6.45, 7) is 5.21. The molecule has 1 heterocycles. The van der Waals surface area contributed by atoms with Gasteiger partial charge in [-0.2, -0.15) is 0 Å². The van der Waals surface area contributed by atoms with Crippen LogP contribution in [0.1, 0.15) is 13.3 Å². The fraction of sp³-hybridized carbons (Fsp3) is 0.917. The number of aliphatic hydroxyl groups is 1. The lowest BCUT2D eigenvalue weighted by Crippen LogP contribution is -2.40. The molecule has 0 aromatic heterocycles. The maximum absolute atomic E-state index is 10.9. The van der Waals surface area contributed by atoms with E-state index in [0.29, 0.717) is 19.7 Å². The lowest BCUT2D eigenvalue weighted by molar-refractivity contribution is 0.157. The fourth-order valence-electron chi connectivity index (χ4n) is 1.89. The summed E-state index contributed by atoms with van der Waals surface area (Å²) in [5, 5.41) is 12.7. The number of halogens is 1. The van der Waals surface area contributed by atoms with Gasteiger partial charge in [-0.15, -0.1) is 24.0 Å². The molecule has 0 aromatic rings. The van der Waals surface area contributed by atoms with Crippen molar-refractivity contribution in [3.63, 3.8) is 0 Å². The smallest absolute Gasteiger partial charge is 0.194 e. The fourth-order valence-corrected chi connectivity index (χ4v) is 2.31. The summed E-state index contributed by atoms with van der Waals surface area (Å²) in [5.74, 6) is 0.811. The van der Waals surface area contributed by atoms with Crippen molar-refractivity contribution < 1.29 is 18.3 Å². The SMILES string of the molecule is CCNC(=NCCOCCS(C)(=O)=O)N1CC[C@@H](O)C1.I. The molecule has 1 aliphatic heterocycles. The van der Waals surface area contributed by atoms with Gasteiger partial charge in [0.2, 0.25) is 0 Å². The van der Waals surface area contributed by atoms with E-state index in [2.05, 4.69) is 10.3 Å². The van der Waals surface area contributed by atoms with Crippen molar-refractivity contribution in [2.45, 2.75) is 19.4 Å². The highest BCUT2D eigenvalue weighted by Crippen LogP contribution is 2.08. The molecule has 1 rings (SSSR count). The van der Waals surface area contributed by atoms with Crippen molar-refractivity contribution in [2.75, 3.05) is 51.4 Å². The second-order valence-corrected chi connectivity index (χ2v) is 7.13. The van der Waals surface area contributed by atoms with Gasteiger partial charge >= 0.3 is 0 Å². The maximum Gasteiger partial charge on any atom is 0.194 e. The normalized spacial score (nSPS) is 19.5. The van der Waals surface area contributed by atoms with Gasteiger partial charge in [0, 0.05) is 25.9 Å². The molecular weight excluding hydrogens is 409 g/mol. The number of hydrogen-bond donors (Lipinski definition) is 2. The zero-order valence-electron chi connectivity index (χ0n) is 12.6. The lowest BCUT2D eigenvalue weighted by Gasteiger charge is -2.20. The number of sulfone groups is 1. The van der Waals surface area contributed by atoms with Crippen molar-refractivity contribution in [3.05, 3.63) is 0 Å². The number of β-amino-alcohol motifs (C(OH)–C–C–N with tert-alkyl or cyclic N) is 1. The van der Waals surface area contributed by atoms with Gasteiger partial charge in [0.05, 0.1) is 31.6 Å². The summed E-state index contributed by atoms with van der Waals surface area (Å²) < 4.78 is 27.1. The molecule has 1 fully saturated rings. The van der Waals surface area contributed by atoms with E-state index in [9.17, 15) is 13.5 Å². The van der Waals surface area contributed by atoms with Gasteiger partial charge < -0.3 is 20.1 Å². The molecule has 126 valence electrons. The van der Waals surface area contributed by atoms with Crippen LogP contribution in [0.25, 0.3) is 0 Å². The molecule has 0 unspecified atom stereocenters. The number of aliphatic hydroxyl groups excluding tert-OH is 1. The minimum Gasteiger partial charge on any atom is -0.391 e. The van der Waals surface area contributed by atoms with Crippen molar-refractivity contribution in [2.24, 2.45) is 4.99 Å². The van der Waals surface area contributed by atoms with Gasteiger partial charge in [-0.1, -0.05) is 0 Å². The predicted octanol–water partition coefficient (Wildman–Crippen LogP) is -0.302. The molecule has 1 saturated heterocycles. The van der Waals surface area contributed by atoms with Crippen LogP contribution >= 0.6 is 24.0 Å². The number of rotatable bonds is 7. The van der Waals surface area contributed by atoms with E-state index < -0.39 is 9.84 Å². The Hall–Kier alpha value is -0.130. The number of hydrogen-bond acceptors (Lipinski definition) is 5. The van der Waals surface area contributed by atoms with E-state index in [1.54, 1.807) is 0 Å². The molecule has 1 atom stereocenters. The second kappa shape index (κ2) is 10.6. The summed E-state index contributed by atoms with van der Waals surface area (Å²) in [6.07, 6.45) is 1.66. The third-order valence-electron chi connectivity index (χ3n) is 2.89. The predicted molar refractivity (Wildman–Crippen MR) is 94.1 cm³/mol. The topological polar surface area (TPSA) is 91.2 Å². The van der Waals surface area contributed by atoms with Crippen LogP contribution in [0.4, 0.5) is 0 Å². The number of ether oxygens (including phenoxy) is 1. The van der Waals surface area contributed by atoms with E-state index >= 15 is 0 Å². The summed E-state index contributed by atoms with van der Waals surface area (Å²) in [5.41, 5.74) is 0. The largest absolute Gasteiger partial charge is 0.391 e. The molecule has 0 spiro atoms. The highest BCUT2D eigenvalue weighted by atomic mass is 127. The van der Waals surface area contributed by atoms with Crippen LogP contribution < -0.4 is 5.32 Å². The summed E-state index contributed by atoms with van der Waals surface area (Å²) in [4.78, 5) is 6.43. The molecule has 0 saturated carbocycles. The van der Waals surface area contributed by atoms with Crippen molar-refractivity contribution in [1.29, 1.82) is 0 Å². The molecule has 21 heavy (non-hydrogen) atoms. The van der Waals surface area contributed by atoms with Gasteiger partial charge in [-0.05, 0) is 13.3 Å². The van der Waals surface area contributed by atoms with Crippen LogP contribution in [0.2, 0.25) is 0 Å². The minimum atomic E-state index is -2.96. The van der Waals surface area contributed by atoms with E-state index in [1.165, 1.54) is 6.26 Å². The van der Waals surface area contributed by atoms with E-state index in [1.807, 2.05) is 11.8 Å². The number of likely N-dealkylation sites (tertiary alicyclic amines) is 1. The Kier molecular flexibility index (Phi) is 10.5. The first-order chi connectivity index (χ1) is 9.42. The number of aliphatic imine (C=N–C) groups is 1. The lowest BCUT2D eigenvalue weighted by atomic mass is 10.3. The number of nitrogens with zero attached hydrogens (tertiary/aromatic N) is 2. The van der Waals surface area contributed by atoms with Crippen LogP contribution in [-0.4, -0.2) is 81.9 Å². The van der Waals surface area contributed by atoms with Crippen LogP contribution in [0.3, 0.4) is 0 Å². The van der Waals surface area contributed by atoms with Crippen LogP contribution in [0.5, 0.6) is 0 Å². The van der Waals surface area contributed by atoms with Gasteiger partial charge in [0.1, 0.15) is 9.84 Å². The summed E-state index contributed by atoms with van der Waals surface area (Å²) in [7, 11) is -2.96. The van der Waals surface area contributed by atoms with E-state index in [4.69, 9.17) is 4.74 Å². The zero-order valence-corrected chi connectivity index (χ0v) is 15.8. The third-order valence-corrected chi connectivity index (χ3v) is 3.80. The summed E-state index contributed by atoms with van der Waals surface area (Å²) in [6, 6.07) is 0. The molecule has 0 radical (unpaired) electrons. The highest BCUT2D eigenvalue weighted by Gasteiger charge is 2.22. The van der Waals surface area contributed by atoms with Crippen LogP contribution in [0.15, 0.2) is 4.99 Å². The Bertz CT molecular complexity index is 417. The molecule has 0 amide bonds. The van der Waals surface area contributed by atoms with Crippen LogP contribution in [0, 0.1) is 0 Å². The molecular formula is C12H26IN3O4S. The zero-order chi connectivity index (χ0) is 15.0.